The van der Waals surface area contributed by atoms with E-state index < -0.39 is 0 Å². The lowest BCUT2D eigenvalue weighted by Crippen LogP contribution is -2.18. The summed E-state index contributed by atoms with van der Waals surface area (Å²) >= 11 is 0. The smallest absolute Gasteiger partial charge is 0.158 e. The molecular weight excluding hydrogens is 142 g/mol. The largest absolute Gasteiger partial charge is 0.374 e. The van der Waals surface area contributed by atoms with E-state index in [1.165, 1.54) is 0 Å². The summed E-state index contributed by atoms with van der Waals surface area (Å²) in [6.45, 7) is 5.24. The van der Waals surface area contributed by atoms with Crippen LogP contribution < -0.4 is 5.73 Å². The third kappa shape index (κ3) is 6.01. The van der Waals surface area contributed by atoms with Gasteiger partial charge in [0.2, 0.25) is 0 Å². The molecule has 3 heteroatoms. The van der Waals surface area contributed by atoms with E-state index in [2.05, 4.69) is 0 Å². The lowest BCUT2D eigenvalue weighted by atomic mass is 10.1. The fourth-order valence-electron chi connectivity index (χ4n) is 0.747. The van der Waals surface area contributed by atoms with Gasteiger partial charge in [-0.1, -0.05) is 6.92 Å². The molecule has 0 rings (SSSR count). The molecule has 0 amide bonds. The van der Waals surface area contributed by atoms with Gasteiger partial charge in [-0.3, -0.25) is 4.79 Å². The lowest BCUT2D eigenvalue weighted by Gasteiger charge is -2.06. The molecule has 0 aliphatic heterocycles. The SMILES string of the molecule is CCOCC(=O)CC(C)CN. The Balaban J connectivity index is 3.36. The van der Waals surface area contributed by atoms with Crippen LogP contribution in [0.4, 0.5) is 0 Å². The first kappa shape index (κ1) is 10.6. The number of hydrogen-bond donors (Lipinski definition) is 1. The van der Waals surface area contributed by atoms with Crippen molar-refractivity contribution in [1.29, 1.82) is 0 Å². The number of rotatable bonds is 6. The number of hydrogen-bond acceptors (Lipinski definition) is 3. The zero-order chi connectivity index (χ0) is 8.69. The Morgan fingerprint density at radius 2 is 2.27 bits per heavy atom. The number of nitrogens with two attached hydrogens (primary N) is 1. The second-order valence-corrected chi connectivity index (χ2v) is 2.72. The maximum absolute atomic E-state index is 11.0. The Hall–Kier alpha value is -0.410. The molecule has 1 unspecified atom stereocenters. The summed E-state index contributed by atoms with van der Waals surface area (Å²) in [5.74, 6) is 0.424. The van der Waals surface area contributed by atoms with Crippen LogP contribution in [0.3, 0.4) is 0 Å². The van der Waals surface area contributed by atoms with E-state index in [0.717, 1.165) is 0 Å². The van der Waals surface area contributed by atoms with E-state index in [0.29, 0.717) is 19.6 Å². The third-order valence-corrected chi connectivity index (χ3v) is 1.45. The number of carbonyl (C=O) groups is 1. The van der Waals surface area contributed by atoms with Crippen molar-refractivity contribution in [2.24, 2.45) is 11.7 Å². The average molecular weight is 159 g/mol. The van der Waals surface area contributed by atoms with Crippen LogP contribution >= 0.6 is 0 Å². The molecule has 0 saturated carbocycles. The first-order valence-electron chi connectivity index (χ1n) is 4.00. The first-order valence-corrected chi connectivity index (χ1v) is 4.00. The standard InChI is InChI=1S/C8H17NO2/c1-3-11-6-8(10)4-7(2)5-9/h7H,3-6,9H2,1-2H3. The summed E-state index contributed by atoms with van der Waals surface area (Å²) in [6.07, 6.45) is 0.538. The maximum Gasteiger partial charge on any atom is 0.158 e. The molecule has 0 heterocycles. The summed E-state index contributed by atoms with van der Waals surface area (Å²) in [5.41, 5.74) is 5.36. The minimum absolute atomic E-state index is 0.143. The van der Waals surface area contributed by atoms with E-state index >= 15 is 0 Å². The van der Waals surface area contributed by atoms with Crippen molar-refractivity contribution in [3.05, 3.63) is 0 Å². The molecule has 0 spiro atoms. The molecule has 0 aliphatic carbocycles. The molecule has 0 aliphatic rings. The molecule has 0 radical (unpaired) electrons. The van der Waals surface area contributed by atoms with Crippen molar-refractivity contribution in [3.8, 4) is 0 Å². The third-order valence-electron chi connectivity index (χ3n) is 1.45. The van der Waals surface area contributed by atoms with E-state index in [1.807, 2.05) is 13.8 Å². The molecule has 0 aromatic carbocycles. The highest BCUT2D eigenvalue weighted by molar-refractivity contribution is 5.79. The van der Waals surface area contributed by atoms with Gasteiger partial charge >= 0.3 is 0 Å². The van der Waals surface area contributed by atoms with Gasteiger partial charge in [0, 0.05) is 13.0 Å². The number of Topliss-reactive ketones (excluding diaryl/α,β-unsaturated/α-hetero) is 1. The van der Waals surface area contributed by atoms with Crippen molar-refractivity contribution in [1.82, 2.24) is 0 Å². The highest BCUT2D eigenvalue weighted by atomic mass is 16.5. The molecule has 0 aromatic rings. The van der Waals surface area contributed by atoms with Gasteiger partial charge in [-0.25, -0.2) is 0 Å². The second-order valence-electron chi connectivity index (χ2n) is 2.72. The Labute approximate surface area is 67.9 Å². The molecule has 1 atom stereocenters. The highest BCUT2D eigenvalue weighted by Crippen LogP contribution is 1.99. The van der Waals surface area contributed by atoms with Gasteiger partial charge in [0.1, 0.15) is 6.61 Å². The van der Waals surface area contributed by atoms with Crippen LogP contribution in [-0.4, -0.2) is 25.5 Å². The Morgan fingerprint density at radius 3 is 2.73 bits per heavy atom. The number of ketones is 1. The second kappa shape index (κ2) is 6.31. The molecular formula is C8H17NO2. The van der Waals surface area contributed by atoms with Crippen LogP contribution in [0.5, 0.6) is 0 Å². The van der Waals surface area contributed by atoms with Crippen molar-refractivity contribution in [2.45, 2.75) is 20.3 Å². The zero-order valence-electron chi connectivity index (χ0n) is 7.30. The van der Waals surface area contributed by atoms with Crippen LogP contribution in [-0.2, 0) is 9.53 Å². The molecule has 2 N–H and O–H groups in total. The van der Waals surface area contributed by atoms with Crippen LogP contribution in [0.1, 0.15) is 20.3 Å². The molecule has 11 heavy (non-hydrogen) atoms. The molecule has 0 saturated heterocycles. The van der Waals surface area contributed by atoms with Crippen LogP contribution in [0, 0.1) is 5.92 Å². The molecule has 0 fully saturated rings. The quantitative estimate of drug-likeness (QED) is 0.616. The minimum atomic E-state index is 0.143. The maximum atomic E-state index is 11.0. The van der Waals surface area contributed by atoms with Crippen molar-refractivity contribution in [2.75, 3.05) is 19.8 Å². The van der Waals surface area contributed by atoms with E-state index in [4.69, 9.17) is 10.5 Å². The number of carbonyl (C=O) groups excluding carboxylic acids is 1. The predicted octanol–water partition coefficient (Wildman–Crippen LogP) is 0.577. The van der Waals surface area contributed by atoms with Gasteiger partial charge in [-0.05, 0) is 19.4 Å². The van der Waals surface area contributed by atoms with Gasteiger partial charge in [0.05, 0.1) is 0 Å². The normalized spacial score (nSPS) is 13.0. The molecule has 0 bridgehead atoms. The molecule has 3 nitrogen and oxygen atoms in total. The average Bonchev–Trinajstić information content (AvgIpc) is 2.00. The lowest BCUT2D eigenvalue weighted by molar-refractivity contribution is -0.124. The Bertz CT molecular complexity index is 115. The predicted molar refractivity (Wildman–Crippen MR) is 44.3 cm³/mol. The fraction of sp³-hybridized carbons (Fsp3) is 0.875. The van der Waals surface area contributed by atoms with E-state index in [9.17, 15) is 4.79 Å². The monoisotopic (exact) mass is 159 g/mol. The van der Waals surface area contributed by atoms with Gasteiger partial charge in [-0.15, -0.1) is 0 Å². The van der Waals surface area contributed by atoms with Gasteiger partial charge < -0.3 is 10.5 Å². The fourth-order valence-corrected chi connectivity index (χ4v) is 0.747. The molecule has 0 aromatic heterocycles. The summed E-state index contributed by atoms with van der Waals surface area (Å²) in [7, 11) is 0. The highest BCUT2D eigenvalue weighted by Gasteiger charge is 2.06. The Morgan fingerprint density at radius 1 is 1.64 bits per heavy atom. The summed E-state index contributed by atoms with van der Waals surface area (Å²) in [6, 6.07) is 0. The van der Waals surface area contributed by atoms with Gasteiger partial charge in [0.25, 0.3) is 0 Å². The molecule has 66 valence electrons. The van der Waals surface area contributed by atoms with Crippen molar-refractivity contribution >= 4 is 5.78 Å². The van der Waals surface area contributed by atoms with E-state index in [1.54, 1.807) is 0 Å². The summed E-state index contributed by atoms with van der Waals surface area (Å²) in [5, 5.41) is 0. The van der Waals surface area contributed by atoms with Crippen LogP contribution in [0.25, 0.3) is 0 Å². The Kier molecular flexibility index (Phi) is 6.07. The zero-order valence-corrected chi connectivity index (χ0v) is 7.30. The van der Waals surface area contributed by atoms with Gasteiger partial charge in [-0.2, -0.15) is 0 Å². The van der Waals surface area contributed by atoms with Crippen LogP contribution in [0.2, 0.25) is 0 Å². The topological polar surface area (TPSA) is 52.3 Å². The van der Waals surface area contributed by atoms with Gasteiger partial charge in [0.15, 0.2) is 5.78 Å². The van der Waals surface area contributed by atoms with Crippen molar-refractivity contribution < 1.29 is 9.53 Å². The summed E-state index contributed by atoms with van der Waals surface area (Å²) in [4.78, 5) is 11.0. The number of ether oxygens (including phenoxy) is 1. The van der Waals surface area contributed by atoms with Crippen LogP contribution in [0.15, 0.2) is 0 Å². The van der Waals surface area contributed by atoms with Crippen molar-refractivity contribution in [3.63, 3.8) is 0 Å². The first-order chi connectivity index (χ1) is 5.20. The minimum Gasteiger partial charge on any atom is -0.374 e. The van der Waals surface area contributed by atoms with E-state index in [-0.39, 0.29) is 18.3 Å². The summed E-state index contributed by atoms with van der Waals surface area (Å²) < 4.78 is 4.95.